The fraction of sp³-hybridized carbons (Fsp3) is 0.667. The minimum atomic E-state index is -0.0708. The standard InChI is InChI=1S/C12H21N3O/c1-5-9(2)8-10(3)14-11-12(16)15(4)7-6-13-11/h6-7,9-10H,5,8H2,1-4H3,(H,13,14). The summed E-state index contributed by atoms with van der Waals surface area (Å²) in [6, 6.07) is 0.276. The number of aromatic nitrogens is 2. The molecule has 0 amide bonds. The van der Waals surface area contributed by atoms with Gasteiger partial charge >= 0.3 is 0 Å². The van der Waals surface area contributed by atoms with Gasteiger partial charge in [0.05, 0.1) is 0 Å². The zero-order valence-electron chi connectivity index (χ0n) is 10.5. The summed E-state index contributed by atoms with van der Waals surface area (Å²) in [4.78, 5) is 15.8. The highest BCUT2D eigenvalue weighted by Gasteiger charge is 2.09. The average molecular weight is 223 g/mol. The van der Waals surface area contributed by atoms with Crippen molar-refractivity contribution in [2.45, 2.75) is 39.7 Å². The van der Waals surface area contributed by atoms with Crippen LogP contribution < -0.4 is 10.9 Å². The van der Waals surface area contributed by atoms with E-state index in [1.165, 1.54) is 4.57 Å². The van der Waals surface area contributed by atoms with Crippen LogP contribution in [0.15, 0.2) is 17.2 Å². The summed E-state index contributed by atoms with van der Waals surface area (Å²) in [6.45, 7) is 6.48. The van der Waals surface area contributed by atoms with E-state index in [9.17, 15) is 4.79 Å². The molecular formula is C12H21N3O. The number of nitrogens with one attached hydrogen (secondary N) is 1. The van der Waals surface area contributed by atoms with Gasteiger partial charge in [-0.1, -0.05) is 20.3 Å². The lowest BCUT2D eigenvalue weighted by Crippen LogP contribution is -2.27. The van der Waals surface area contributed by atoms with Crippen LogP contribution in [0.5, 0.6) is 0 Å². The zero-order valence-corrected chi connectivity index (χ0v) is 10.5. The fourth-order valence-electron chi connectivity index (χ4n) is 1.66. The Morgan fingerprint density at radius 3 is 2.81 bits per heavy atom. The van der Waals surface area contributed by atoms with E-state index in [0.29, 0.717) is 11.7 Å². The second-order valence-electron chi connectivity index (χ2n) is 4.49. The number of hydrogen-bond donors (Lipinski definition) is 1. The summed E-state index contributed by atoms with van der Waals surface area (Å²) in [5.41, 5.74) is -0.0708. The Kier molecular flexibility index (Phi) is 4.52. The second kappa shape index (κ2) is 5.68. The van der Waals surface area contributed by atoms with Gasteiger partial charge in [-0.05, 0) is 19.3 Å². The molecule has 90 valence electrons. The smallest absolute Gasteiger partial charge is 0.293 e. The fourth-order valence-corrected chi connectivity index (χ4v) is 1.66. The van der Waals surface area contributed by atoms with Crippen molar-refractivity contribution in [3.63, 3.8) is 0 Å². The van der Waals surface area contributed by atoms with E-state index in [1.807, 2.05) is 0 Å². The summed E-state index contributed by atoms with van der Waals surface area (Å²) in [6.07, 6.45) is 5.51. The lowest BCUT2D eigenvalue weighted by Gasteiger charge is -2.17. The van der Waals surface area contributed by atoms with E-state index >= 15 is 0 Å². The third-order valence-corrected chi connectivity index (χ3v) is 2.85. The van der Waals surface area contributed by atoms with Gasteiger partial charge in [0.15, 0.2) is 5.82 Å². The third-order valence-electron chi connectivity index (χ3n) is 2.85. The highest BCUT2D eigenvalue weighted by molar-refractivity contribution is 5.31. The van der Waals surface area contributed by atoms with Gasteiger partial charge in [-0.2, -0.15) is 0 Å². The molecule has 1 aromatic rings. The van der Waals surface area contributed by atoms with Gasteiger partial charge < -0.3 is 9.88 Å². The third kappa shape index (κ3) is 3.36. The summed E-state index contributed by atoms with van der Waals surface area (Å²) >= 11 is 0. The predicted molar refractivity (Wildman–Crippen MR) is 66.6 cm³/mol. The van der Waals surface area contributed by atoms with Crippen molar-refractivity contribution in [1.29, 1.82) is 0 Å². The van der Waals surface area contributed by atoms with Crippen LogP contribution >= 0.6 is 0 Å². The quantitative estimate of drug-likeness (QED) is 0.830. The van der Waals surface area contributed by atoms with Crippen LogP contribution in [0.4, 0.5) is 5.82 Å². The highest BCUT2D eigenvalue weighted by Crippen LogP contribution is 2.11. The van der Waals surface area contributed by atoms with Crippen molar-refractivity contribution in [1.82, 2.24) is 9.55 Å². The number of hydrogen-bond acceptors (Lipinski definition) is 3. The van der Waals surface area contributed by atoms with E-state index in [0.717, 1.165) is 12.8 Å². The van der Waals surface area contributed by atoms with Gasteiger partial charge in [-0.15, -0.1) is 0 Å². The molecule has 0 aromatic carbocycles. The summed E-state index contributed by atoms with van der Waals surface area (Å²) in [7, 11) is 1.73. The highest BCUT2D eigenvalue weighted by atomic mass is 16.1. The summed E-state index contributed by atoms with van der Waals surface area (Å²) < 4.78 is 1.53. The van der Waals surface area contributed by atoms with Gasteiger partial charge in [0.2, 0.25) is 0 Å². The maximum absolute atomic E-state index is 11.7. The first-order valence-electron chi connectivity index (χ1n) is 5.82. The SMILES string of the molecule is CCC(C)CC(C)Nc1nccn(C)c1=O. The van der Waals surface area contributed by atoms with Crippen LogP contribution in [0, 0.1) is 5.92 Å². The molecule has 0 aliphatic rings. The molecule has 1 aromatic heterocycles. The first-order valence-corrected chi connectivity index (χ1v) is 5.82. The van der Waals surface area contributed by atoms with E-state index < -0.39 is 0 Å². The lowest BCUT2D eigenvalue weighted by molar-refractivity contribution is 0.482. The van der Waals surface area contributed by atoms with Crippen molar-refractivity contribution in [3.8, 4) is 0 Å². The number of nitrogens with zero attached hydrogens (tertiary/aromatic N) is 2. The molecule has 4 heteroatoms. The summed E-state index contributed by atoms with van der Waals surface area (Å²) in [5, 5.41) is 3.17. The lowest BCUT2D eigenvalue weighted by atomic mass is 10.0. The van der Waals surface area contributed by atoms with E-state index in [4.69, 9.17) is 0 Å². The maximum Gasteiger partial charge on any atom is 0.293 e. The molecule has 1 rings (SSSR count). The molecule has 16 heavy (non-hydrogen) atoms. The molecule has 2 atom stereocenters. The van der Waals surface area contributed by atoms with Crippen LogP contribution in [-0.2, 0) is 7.05 Å². The van der Waals surface area contributed by atoms with Gasteiger partial charge in [0.25, 0.3) is 5.56 Å². The molecule has 0 aliphatic carbocycles. The first kappa shape index (κ1) is 12.7. The van der Waals surface area contributed by atoms with Crippen LogP contribution in [0.2, 0.25) is 0 Å². The molecule has 0 fully saturated rings. The minimum absolute atomic E-state index is 0.0708. The first-order chi connectivity index (χ1) is 7.54. The normalized spacial score (nSPS) is 14.5. The van der Waals surface area contributed by atoms with Crippen LogP contribution in [-0.4, -0.2) is 15.6 Å². The van der Waals surface area contributed by atoms with Crippen LogP contribution in [0.3, 0.4) is 0 Å². The van der Waals surface area contributed by atoms with E-state index in [1.54, 1.807) is 19.4 Å². The number of rotatable bonds is 5. The van der Waals surface area contributed by atoms with Crippen molar-refractivity contribution in [3.05, 3.63) is 22.7 Å². The van der Waals surface area contributed by atoms with Gasteiger partial charge in [0.1, 0.15) is 0 Å². The average Bonchev–Trinajstić information content (AvgIpc) is 2.24. The predicted octanol–water partition coefficient (Wildman–Crippen LogP) is 2.02. The monoisotopic (exact) mass is 223 g/mol. The van der Waals surface area contributed by atoms with Gasteiger partial charge in [0, 0.05) is 25.5 Å². The van der Waals surface area contributed by atoms with Crippen molar-refractivity contribution < 1.29 is 0 Å². The maximum atomic E-state index is 11.7. The zero-order chi connectivity index (χ0) is 12.1. The molecule has 0 radical (unpaired) electrons. The Hall–Kier alpha value is -1.32. The van der Waals surface area contributed by atoms with Crippen molar-refractivity contribution in [2.75, 3.05) is 5.32 Å². The Balaban J connectivity index is 2.66. The largest absolute Gasteiger partial charge is 0.363 e. The molecule has 0 saturated heterocycles. The summed E-state index contributed by atoms with van der Waals surface area (Å²) in [5.74, 6) is 1.11. The molecular weight excluding hydrogens is 202 g/mol. The van der Waals surface area contributed by atoms with Gasteiger partial charge in [-0.25, -0.2) is 4.98 Å². The van der Waals surface area contributed by atoms with Crippen molar-refractivity contribution in [2.24, 2.45) is 13.0 Å². The minimum Gasteiger partial charge on any atom is -0.363 e. The molecule has 0 saturated carbocycles. The van der Waals surface area contributed by atoms with E-state index in [2.05, 4.69) is 31.1 Å². The van der Waals surface area contributed by atoms with E-state index in [-0.39, 0.29) is 11.6 Å². The Labute approximate surface area is 96.7 Å². The topological polar surface area (TPSA) is 46.9 Å². The Morgan fingerprint density at radius 1 is 1.50 bits per heavy atom. The Bertz CT molecular complexity index is 386. The second-order valence-corrected chi connectivity index (χ2v) is 4.49. The molecule has 2 unspecified atom stereocenters. The molecule has 0 aliphatic heterocycles. The molecule has 1 heterocycles. The number of aryl methyl sites for hydroxylation is 1. The molecule has 0 bridgehead atoms. The van der Waals surface area contributed by atoms with Crippen LogP contribution in [0.25, 0.3) is 0 Å². The Morgan fingerprint density at radius 2 is 2.19 bits per heavy atom. The number of anilines is 1. The van der Waals surface area contributed by atoms with Crippen LogP contribution in [0.1, 0.15) is 33.6 Å². The molecule has 0 spiro atoms. The molecule has 4 nitrogen and oxygen atoms in total. The van der Waals surface area contributed by atoms with Gasteiger partial charge in [-0.3, -0.25) is 4.79 Å². The van der Waals surface area contributed by atoms with Crippen molar-refractivity contribution >= 4 is 5.82 Å². The molecule has 1 N–H and O–H groups in total.